The molecule has 4 aliphatic rings. The fourth-order valence-electron chi connectivity index (χ4n) is 7.14. The van der Waals surface area contributed by atoms with Crippen LogP contribution in [0.4, 0.5) is 4.39 Å². The van der Waals surface area contributed by atoms with Crippen LogP contribution in [0.25, 0.3) is 0 Å². The number of allylic oxidation sites excluding steroid dienone is 4. The summed E-state index contributed by atoms with van der Waals surface area (Å²) in [5, 5.41) is 22.4. The Balaban J connectivity index is 1.84. The van der Waals surface area contributed by atoms with Gasteiger partial charge in [-0.3, -0.25) is 9.59 Å². The molecule has 0 unspecified atom stereocenters. The Morgan fingerprint density at radius 3 is 2.64 bits per heavy atom. The first-order valence-corrected chi connectivity index (χ1v) is 11.3. The molecule has 6 heteroatoms. The van der Waals surface area contributed by atoms with Crippen LogP contribution < -0.4 is 0 Å². The molecule has 0 aromatic heterocycles. The summed E-state index contributed by atoms with van der Waals surface area (Å²) in [4.78, 5) is 24.6. The molecule has 0 spiro atoms. The van der Waals surface area contributed by atoms with Crippen molar-refractivity contribution in [2.75, 3.05) is 6.26 Å². The second-order valence-electron chi connectivity index (χ2n) is 9.66. The van der Waals surface area contributed by atoms with Crippen molar-refractivity contribution in [3.8, 4) is 0 Å². The highest BCUT2D eigenvalue weighted by Crippen LogP contribution is 2.70. The zero-order valence-corrected chi connectivity index (χ0v) is 17.7. The fraction of sp³-hybridized carbons (Fsp3) is 0.727. The lowest BCUT2D eigenvalue weighted by atomic mass is 9.45. The topological polar surface area (TPSA) is 74.6 Å². The highest BCUT2D eigenvalue weighted by atomic mass is 32.2. The lowest BCUT2D eigenvalue weighted by molar-refractivity contribution is -0.216. The number of hydrogen-bond donors (Lipinski definition) is 2. The van der Waals surface area contributed by atoms with E-state index in [4.69, 9.17) is 0 Å². The number of aliphatic hydroxyl groups excluding tert-OH is 1. The number of hydrogen-bond acceptors (Lipinski definition) is 5. The standard InChI is InChI=1S/C22H29FO4S/c1-12-9-16-15-6-5-13-10-14(24)7-8-19(13,2)21(15,23)17(25)11-20(16,3)22(12,27)18(26)28-4/h7-8,10,12,15-17,25,27H,5-6,9,11H2,1-4H3/t12-,15-,16-,17-,19+,20-,21-,22-/m0/s1. The Morgan fingerprint density at radius 1 is 1.32 bits per heavy atom. The number of alkyl halides is 1. The van der Waals surface area contributed by atoms with Gasteiger partial charge in [0, 0.05) is 16.7 Å². The van der Waals surface area contributed by atoms with E-state index in [0.717, 1.165) is 17.3 Å². The first-order chi connectivity index (χ1) is 13.0. The summed E-state index contributed by atoms with van der Waals surface area (Å²) in [6.45, 7) is 5.49. The molecule has 4 nitrogen and oxygen atoms in total. The van der Waals surface area contributed by atoms with Crippen molar-refractivity contribution in [3.05, 3.63) is 23.8 Å². The van der Waals surface area contributed by atoms with Crippen LogP contribution in [0.2, 0.25) is 0 Å². The predicted octanol–water partition coefficient (Wildman–Crippen LogP) is 3.22. The van der Waals surface area contributed by atoms with Gasteiger partial charge in [0.05, 0.1) is 6.10 Å². The molecule has 28 heavy (non-hydrogen) atoms. The molecule has 3 fully saturated rings. The molecule has 0 saturated heterocycles. The van der Waals surface area contributed by atoms with E-state index in [-0.39, 0.29) is 29.2 Å². The largest absolute Gasteiger partial charge is 0.390 e. The highest BCUT2D eigenvalue weighted by Gasteiger charge is 2.75. The molecule has 4 rings (SSSR count). The monoisotopic (exact) mass is 408 g/mol. The van der Waals surface area contributed by atoms with Crippen LogP contribution in [0.15, 0.2) is 23.8 Å². The van der Waals surface area contributed by atoms with Crippen LogP contribution in [-0.4, -0.2) is 44.7 Å². The van der Waals surface area contributed by atoms with E-state index >= 15 is 4.39 Å². The Labute approximate surface area is 169 Å². The molecule has 0 aromatic rings. The molecule has 4 aliphatic carbocycles. The minimum atomic E-state index is -1.92. The number of fused-ring (bicyclic) bond motifs is 5. The maximum absolute atomic E-state index is 16.9. The van der Waals surface area contributed by atoms with Gasteiger partial charge in [-0.2, -0.15) is 0 Å². The maximum atomic E-state index is 16.9. The summed E-state index contributed by atoms with van der Waals surface area (Å²) in [5.41, 5.74) is -4.68. The fourth-order valence-corrected chi connectivity index (χ4v) is 7.88. The van der Waals surface area contributed by atoms with Crippen molar-refractivity contribution in [2.24, 2.45) is 28.6 Å². The molecule has 0 radical (unpaired) electrons. The number of carbonyl (C=O) groups excluding carboxylic acids is 2. The maximum Gasteiger partial charge on any atom is 0.221 e. The van der Waals surface area contributed by atoms with Crippen molar-refractivity contribution in [1.82, 2.24) is 0 Å². The Bertz CT molecular complexity index is 808. The molecule has 0 aromatic carbocycles. The summed E-state index contributed by atoms with van der Waals surface area (Å²) >= 11 is 1.00. The highest BCUT2D eigenvalue weighted by molar-refractivity contribution is 8.13. The van der Waals surface area contributed by atoms with Crippen LogP contribution in [0.5, 0.6) is 0 Å². The van der Waals surface area contributed by atoms with Crippen LogP contribution in [-0.2, 0) is 9.59 Å². The van der Waals surface area contributed by atoms with Crippen LogP contribution in [0.1, 0.15) is 46.5 Å². The molecule has 3 saturated carbocycles. The van der Waals surface area contributed by atoms with Gasteiger partial charge in [0.25, 0.3) is 0 Å². The Hall–Kier alpha value is -0.980. The lowest BCUT2D eigenvalue weighted by Gasteiger charge is -2.62. The van der Waals surface area contributed by atoms with Gasteiger partial charge in [-0.05, 0) is 62.9 Å². The van der Waals surface area contributed by atoms with Gasteiger partial charge in [-0.25, -0.2) is 4.39 Å². The van der Waals surface area contributed by atoms with E-state index in [2.05, 4.69) is 0 Å². The van der Waals surface area contributed by atoms with E-state index in [1.165, 1.54) is 12.2 Å². The van der Waals surface area contributed by atoms with E-state index in [0.29, 0.717) is 19.3 Å². The van der Waals surface area contributed by atoms with Gasteiger partial charge in [-0.15, -0.1) is 0 Å². The number of halogens is 1. The third-order valence-corrected chi connectivity index (χ3v) is 9.40. The second-order valence-corrected chi connectivity index (χ2v) is 10.4. The van der Waals surface area contributed by atoms with Crippen molar-refractivity contribution >= 4 is 22.7 Å². The van der Waals surface area contributed by atoms with E-state index in [1.54, 1.807) is 19.3 Å². The molecular formula is C22H29FO4S. The first-order valence-electron chi connectivity index (χ1n) is 10.1. The summed E-state index contributed by atoms with van der Waals surface area (Å²) in [6, 6.07) is 0. The number of ketones is 1. The van der Waals surface area contributed by atoms with Gasteiger partial charge in [-0.1, -0.05) is 37.3 Å². The molecule has 0 amide bonds. The second kappa shape index (κ2) is 6.02. The van der Waals surface area contributed by atoms with Crippen molar-refractivity contribution in [2.45, 2.75) is 63.8 Å². The van der Waals surface area contributed by atoms with Crippen molar-refractivity contribution < 1.29 is 24.2 Å². The summed E-state index contributed by atoms with van der Waals surface area (Å²) < 4.78 is 16.9. The lowest BCUT2D eigenvalue weighted by Crippen LogP contribution is -2.69. The number of aliphatic hydroxyl groups is 2. The third-order valence-electron chi connectivity index (χ3n) is 8.72. The summed E-state index contributed by atoms with van der Waals surface area (Å²) in [7, 11) is 0. The normalized spacial score (nSPS) is 52.5. The van der Waals surface area contributed by atoms with Crippen molar-refractivity contribution in [3.63, 3.8) is 0 Å². The quantitative estimate of drug-likeness (QED) is 0.697. The zero-order valence-electron chi connectivity index (χ0n) is 16.9. The SMILES string of the molecule is CSC(=O)[C@@]1(O)[C@@H](C)C[C@H]2[C@@H]3CCC4=CC(=O)C=C[C@@]4(C)[C@@]3(F)[C@@H](O)C[C@@]21C. The molecule has 0 aliphatic heterocycles. The summed E-state index contributed by atoms with van der Waals surface area (Å²) in [6.07, 6.45) is 6.56. The molecule has 0 heterocycles. The minimum Gasteiger partial charge on any atom is -0.390 e. The third kappa shape index (κ3) is 2.09. The van der Waals surface area contributed by atoms with E-state index in [9.17, 15) is 19.8 Å². The molecular weight excluding hydrogens is 379 g/mol. The average molecular weight is 409 g/mol. The van der Waals surface area contributed by atoms with Gasteiger partial charge >= 0.3 is 0 Å². The van der Waals surface area contributed by atoms with Crippen molar-refractivity contribution in [1.29, 1.82) is 0 Å². The van der Waals surface area contributed by atoms with E-state index in [1.807, 2.05) is 13.8 Å². The minimum absolute atomic E-state index is 0.0302. The van der Waals surface area contributed by atoms with Gasteiger partial charge < -0.3 is 10.2 Å². The van der Waals surface area contributed by atoms with Gasteiger partial charge in [0.1, 0.15) is 5.60 Å². The number of carbonyl (C=O) groups is 2. The van der Waals surface area contributed by atoms with Crippen LogP contribution >= 0.6 is 11.8 Å². The van der Waals surface area contributed by atoms with Gasteiger partial charge in [0.2, 0.25) is 5.12 Å². The molecule has 2 N–H and O–H groups in total. The average Bonchev–Trinajstić information content (AvgIpc) is 2.84. The first kappa shape index (κ1) is 20.3. The van der Waals surface area contributed by atoms with Crippen LogP contribution in [0, 0.1) is 28.6 Å². The predicted molar refractivity (Wildman–Crippen MR) is 106 cm³/mol. The van der Waals surface area contributed by atoms with Gasteiger partial charge in [0.15, 0.2) is 11.5 Å². The summed E-state index contributed by atoms with van der Waals surface area (Å²) in [5.74, 6) is -1.13. The Morgan fingerprint density at radius 2 is 2.00 bits per heavy atom. The number of rotatable bonds is 1. The zero-order chi connectivity index (χ0) is 20.7. The van der Waals surface area contributed by atoms with E-state index < -0.39 is 34.1 Å². The molecule has 8 atom stereocenters. The van der Waals surface area contributed by atoms with Crippen LogP contribution in [0.3, 0.4) is 0 Å². The Kier molecular flexibility index (Phi) is 4.36. The smallest absolute Gasteiger partial charge is 0.221 e. The number of thioether (sulfide) groups is 1. The molecule has 0 bridgehead atoms. The molecule has 154 valence electrons.